The van der Waals surface area contributed by atoms with Crippen LogP contribution >= 0.6 is 0 Å². The Morgan fingerprint density at radius 3 is 2.90 bits per heavy atom. The van der Waals surface area contributed by atoms with Gasteiger partial charge in [0.1, 0.15) is 6.07 Å². The van der Waals surface area contributed by atoms with E-state index in [0.29, 0.717) is 0 Å². The van der Waals surface area contributed by atoms with Crippen molar-refractivity contribution in [3.05, 3.63) is 42.5 Å². The molecule has 1 N–H and O–H groups in total. The van der Waals surface area contributed by atoms with Gasteiger partial charge < -0.3 is 4.74 Å². The van der Waals surface area contributed by atoms with E-state index in [1.165, 1.54) is 37.3 Å². The van der Waals surface area contributed by atoms with Gasteiger partial charge in [-0.15, -0.1) is 6.58 Å². The first-order valence-electron chi connectivity index (χ1n) is 5.72. The van der Waals surface area contributed by atoms with Crippen molar-refractivity contribution in [1.82, 2.24) is 4.72 Å². The molecule has 0 saturated heterocycles. The second-order valence-corrected chi connectivity index (χ2v) is 5.61. The SMILES string of the molecule is C=CCNS(=O)(=O)c1cccc(C(=O)O[C@H](C)C#N)c1. The van der Waals surface area contributed by atoms with Gasteiger partial charge in [-0.1, -0.05) is 12.1 Å². The summed E-state index contributed by atoms with van der Waals surface area (Å²) >= 11 is 0. The minimum absolute atomic E-state index is 0.0570. The monoisotopic (exact) mass is 294 g/mol. The average molecular weight is 294 g/mol. The quantitative estimate of drug-likeness (QED) is 0.628. The zero-order chi connectivity index (χ0) is 15.2. The Balaban J connectivity index is 2.99. The molecule has 7 heteroatoms. The van der Waals surface area contributed by atoms with Crippen molar-refractivity contribution in [2.45, 2.75) is 17.9 Å². The van der Waals surface area contributed by atoms with Gasteiger partial charge in [-0.3, -0.25) is 0 Å². The van der Waals surface area contributed by atoms with E-state index in [9.17, 15) is 13.2 Å². The fourth-order valence-electron chi connectivity index (χ4n) is 1.30. The summed E-state index contributed by atoms with van der Waals surface area (Å²) in [7, 11) is -3.71. The third-order valence-corrected chi connectivity index (χ3v) is 3.68. The van der Waals surface area contributed by atoms with Gasteiger partial charge in [-0.05, 0) is 25.1 Å². The first kappa shape index (κ1) is 15.9. The number of hydrogen-bond acceptors (Lipinski definition) is 5. The van der Waals surface area contributed by atoms with E-state index in [1.54, 1.807) is 6.07 Å². The van der Waals surface area contributed by atoms with Crippen LogP contribution in [0.15, 0.2) is 41.8 Å². The van der Waals surface area contributed by atoms with E-state index >= 15 is 0 Å². The van der Waals surface area contributed by atoms with Crippen LogP contribution in [0.5, 0.6) is 0 Å². The van der Waals surface area contributed by atoms with Crippen molar-refractivity contribution in [2.75, 3.05) is 6.54 Å². The summed E-state index contributed by atoms with van der Waals surface area (Å²) < 4.78 is 30.9. The molecule has 0 unspecified atom stereocenters. The topological polar surface area (TPSA) is 96.3 Å². The molecular formula is C13H14N2O4S. The minimum atomic E-state index is -3.71. The molecule has 0 fully saturated rings. The smallest absolute Gasteiger partial charge is 0.339 e. The molecule has 6 nitrogen and oxygen atoms in total. The number of rotatable bonds is 6. The Hall–Kier alpha value is -2.17. The highest BCUT2D eigenvalue weighted by atomic mass is 32.2. The lowest BCUT2D eigenvalue weighted by Gasteiger charge is -2.08. The molecule has 0 aliphatic carbocycles. The van der Waals surface area contributed by atoms with Gasteiger partial charge in [0.05, 0.1) is 10.5 Å². The molecule has 106 valence electrons. The van der Waals surface area contributed by atoms with Crippen molar-refractivity contribution in [3.8, 4) is 6.07 Å². The van der Waals surface area contributed by atoms with Crippen molar-refractivity contribution in [1.29, 1.82) is 5.26 Å². The lowest BCUT2D eigenvalue weighted by molar-refractivity contribution is 0.0435. The number of sulfonamides is 1. The van der Waals surface area contributed by atoms with Crippen LogP contribution < -0.4 is 4.72 Å². The Morgan fingerprint density at radius 2 is 2.30 bits per heavy atom. The molecule has 20 heavy (non-hydrogen) atoms. The van der Waals surface area contributed by atoms with Crippen molar-refractivity contribution in [3.63, 3.8) is 0 Å². The summed E-state index contributed by atoms with van der Waals surface area (Å²) in [6, 6.07) is 7.15. The molecule has 0 radical (unpaired) electrons. The Labute approximate surface area is 117 Å². The number of carbonyl (C=O) groups is 1. The summed E-state index contributed by atoms with van der Waals surface area (Å²) in [5, 5.41) is 8.57. The third kappa shape index (κ3) is 4.19. The fourth-order valence-corrected chi connectivity index (χ4v) is 2.34. The van der Waals surface area contributed by atoms with Crippen molar-refractivity contribution >= 4 is 16.0 Å². The highest BCUT2D eigenvalue weighted by molar-refractivity contribution is 7.89. The van der Waals surface area contributed by atoms with Crippen molar-refractivity contribution < 1.29 is 17.9 Å². The number of nitrogens with one attached hydrogen (secondary N) is 1. The van der Waals surface area contributed by atoms with E-state index in [0.717, 1.165) is 0 Å². The maximum atomic E-state index is 11.9. The fraction of sp³-hybridized carbons (Fsp3) is 0.231. The maximum absolute atomic E-state index is 11.9. The first-order chi connectivity index (χ1) is 9.40. The predicted octanol–water partition coefficient (Wildman–Crippen LogP) is 1.22. The lowest BCUT2D eigenvalue weighted by atomic mass is 10.2. The number of hydrogen-bond donors (Lipinski definition) is 1. The third-order valence-electron chi connectivity index (χ3n) is 2.26. The predicted molar refractivity (Wildman–Crippen MR) is 72.3 cm³/mol. The van der Waals surface area contributed by atoms with Gasteiger partial charge in [0.2, 0.25) is 10.0 Å². The standard InChI is InChI=1S/C13H14N2O4S/c1-3-7-15-20(17,18)12-6-4-5-11(8-12)13(16)19-10(2)9-14/h3-6,8,10,15H,1,7H2,2H3/t10-/m1/s1. The summed E-state index contributed by atoms with van der Waals surface area (Å²) in [4.78, 5) is 11.6. The van der Waals surface area contributed by atoms with E-state index in [1.807, 2.05) is 0 Å². The molecule has 1 rings (SSSR count). The van der Waals surface area contributed by atoms with Crippen LogP contribution in [0.25, 0.3) is 0 Å². The first-order valence-corrected chi connectivity index (χ1v) is 7.20. The van der Waals surface area contributed by atoms with E-state index < -0.39 is 22.1 Å². The average Bonchev–Trinajstić information content (AvgIpc) is 2.45. The molecule has 1 aromatic carbocycles. The molecule has 0 saturated carbocycles. The number of carbonyl (C=O) groups excluding carboxylic acids is 1. The number of nitriles is 1. The Morgan fingerprint density at radius 1 is 1.60 bits per heavy atom. The second kappa shape index (κ2) is 6.84. The second-order valence-electron chi connectivity index (χ2n) is 3.85. The molecule has 0 spiro atoms. The molecule has 0 heterocycles. The molecule has 1 aromatic rings. The van der Waals surface area contributed by atoms with Crippen LogP contribution in [0.2, 0.25) is 0 Å². The number of nitrogens with zero attached hydrogens (tertiary/aromatic N) is 1. The number of ether oxygens (including phenoxy) is 1. The molecule has 1 atom stereocenters. The van der Waals surface area contributed by atoms with Gasteiger partial charge in [0, 0.05) is 6.54 Å². The van der Waals surface area contributed by atoms with Crippen LogP contribution in [0.4, 0.5) is 0 Å². The lowest BCUT2D eigenvalue weighted by Crippen LogP contribution is -2.24. The Kier molecular flexibility index (Phi) is 5.43. The molecule has 0 bridgehead atoms. The van der Waals surface area contributed by atoms with Crippen LogP contribution in [0.1, 0.15) is 17.3 Å². The molecule has 0 aliphatic rings. The van der Waals surface area contributed by atoms with Crippen LogP contribution in [-0.2, 0) is 14.8 Å². The van der Waals surface area contributed by atoms with Gasteiger partial charge >= 0.3 is 5.97 Å². The van der Waals surface area contributed by atoms with Crippen LogP contribution in [0.3, 0.4) is 0 Å². The highest BCUT2D eigenvalue weighted by Gasteiger charge is 2.17. The molecular weight excluding hydrogens is 280 g/mol. The van der Waals surface area contributed by atoms with Crippen LogP contribution in [0, 0.1) is 11.3 Å². The van der Waals surface area contributed by atoms with Crippen LogP contribution in [-0.4, -0.2) is 27.0 Å². The summed E-state index contributed by atoms with van der Waals surface area (Å²) in [6.45, 7) is 4.92. The van der Waals surface area contributed by atoms with Gasteiger partial charge in [-0.2, -0.15) is 5.26 Å². The number of benzene rings is 1. The number of esters is 1. The normalized spacial score (nSPS) is 12.2. The highest BCUT2D eigenvalue weighted by Crippen LogP contribution is 2.13. The summed E-state index contributed by atoms with van der Waals surface area (Å²) in [5.41, 5.74) is 0.0635. The van der Waals surface area contributed by atoms with Gasteiger partial charge in [0.25, 0.3) is 0 Å². The maximum Gasteiger partial charge on any atom is 0.339 e. The van der Waals surface area contributed by atoms with Crippen molar-refractivity contribution in [2.24, 2.45) is 0 Å². The zero-order valence-electron chi connectivity index (χ0n) is 10.9. The minimum Gasteiger partial charge on any atom is -0.444 e. The molecule has 0 aromatic heterocycles. The molecule has 0 amide bonds. The summed E-state index contributed by atoms with van der Waals surface area (Å²) in [5.74, 6) is -0.750. The van der Waals surface area contributed by atoms with Gasteiger partial charge in [-0.25, -0.2) is 17.9 Å². The molecule has 0 aliphatic heterocycles. The summed E-state index contributed by atoms with van der Waals surface area (Å²) in [6.07, 6.45) is 0.506. The van der Waals surface area contributed by atoms with E-state index in [4.69, 9.17) is 10.00 Å². The largest absolute Gasteiger partial charge is 0.444 e. The Bertz CT molecular complexity index is 647. The zero-order valence-corrected chi connectivity index (χ0v) is 11.7. The van der Waals surface area contributed by atoms with E-state index in [2.05, 4.69) is 11.3 Å². The van der Waals surface area contributed by atoms with Gasteiger partial charge in [0.15, 0.2) is 6.10 Å². The van der Waals surface area contributed by atoms with E-state index in [-0.39, 0.29) is 17.0 Å².